The van der Waals surface area contributed by atoms with Crippen molar-refractivity contribution in [2.75, 3.05) is 26.2 Å². The van der Waals surface area contributed by atoms with Gasteiger partial charge in [0.25, 0.3) is 0 Å². The predicted octanol–water partition coefficient (Wildman–Crippen LogP) is 4.14. The van der Waals surface area contributed by atoms with Gasteiger partial charge in [0, 0.05) is 26.2 Å². The summed E-state index contributed by atoms with van der Waals surface area (Å²) < 4.78 is 62.1. The maximum atomic E-state index is 14.3. The third-order valence-corrected chi connectivity index (χ3v) is 10.0. The molecule has 48 heavy (non-hydrogen) atoms. The first-order valence-electron chi connectivity index (χ1n) is 14.1. The molecule has 17 heteroatoms. The number of rotatable bonds is 7. The van der Waals surface area contributed by atoms with Crippen molar-refractivity contribution in [3.05, 3.63) is 71.8 Å². The number of imide groups is 1. The Balaban J connectivity index is 0.000000376. The van der Waals surface area contributed by atoms with E-state index in [-0.39, 0.29) is 24.1 Å². The molecule has 2 fully saturated rings. The topological polar surface area (TPSA) is 167 Å². The number of Topliss-reactive ketones (excluding diaryl/α,β-unsaturated/α-hetero) is 1. The quantitative estimate of drug-likeness (QED) is 0.141. The lowest BCUT2D eigenvalue weighted by Gasteiger charge is -2.41. The van der Waals surface area contributed by atoms with Gasteiger partial charge >= 0.3 is 24.3 Å². The molecule has 0 spiro atoms. The second-order valence-corrected chi connectivity index (χ2v) is 12.5. The number of carbonyl (C=O) groups is 5. The molecule has 3 aliphatic rings. The third kappa shape index (κ3) is 6.37. The van der Waals surface area contributed by atoms with Crippen LogP contribution >= 0.6 is 15.9 Å². The molecule has 2 aliphatic carbocycles. The highest BCUT2D eigenvalue weighted by atomic mass is 79.9. The minimum atomic E-state index is -5.08. The number of carbonyl (C=O) groups excluding carboxylic acids is 3. The van der Waals surface area contributed by atoms with Gasteiger partial charge in [-0.25, -0.2) is 9.59 Å². The Morgan fingerprint density at radius 2 is 1.25 bits per heavy atom. The molecule has 4 unspecified atom stereocenters. The van der Waals surface area contributed by atoms with Crippen LogP contribution in [0.3, 0.4) is 0 Å². The van der Waals surface area contributed by atoms with Crippen molar-refractivity contribution in [2.45, 2.75) is 30.5 Å². The average Bonchev–Trinajstić information content (AvgIpc) is 3.39. The maximum Gasteiger partial charge on any atom is 0.490 e. The van der Waals surface area contributed by atoms with Gasteiger partial charge in [-0.2, -0.15) is 26.3 Å². The number of hydrogen-bond donors (Lipinski definition) is 4. The van der Waals surface area contributed by atoms with Gasteiger partial charge in [-0.3, -0.25) is 19.3 Å². The SMILES string of the molecule is CC12C(=O)C(C)(C(c3ccccc3)=C1c1ccccc1)C1(Br)C(=O)N(CCNCCN)C(=O)C21.O=C(O)C(F)(F)F.O=C(O)C(F)(F)F. The van der Waals surface area contributed by atoms with Crippen molar-refractivity contribution in [1.82, 2.24) is 10.2 Å². The number of nitrogens with zero attached hydrogens (tertiary/aromatic N) is 1. The molecule has 1 heterocycles. The molecule has 0 aromatic heterocycles. The molecule has 2 aromatic carbocycles. The smallest absolute Gasteiger partial charge is 0.475 e. The van der Waals surface area contributed by atoms with Crippen LogP contribution < -0.4 is 11.1 Å². The first-order valence-corrected chi connectivity index (χ1v) is 14.9. The van der Waals surface area contributed by atoms with E-state index < -0.39 is 45.4 Å². The van der Waals surface area contributed by atoms with E-state index in [1.54, 1.807) is 0 Å². The highest BCUT2D eigenvalue weighted by molar-refractivity contribution is 9.10. The summed E-state index contributed by atoms with van der Waals surface area (Å²) in [5.41, 5.74) is 6.66. The number of carboxylic acid groups (broad SMARTS) is 2. The number of benzene rings is 2. The van der Waals surface area contributed by atoms with Crippen LogP contribution in [0.25, 0.3) is 11.1 Å². The highest BCUT2D eigenvalue weighted by Gasteiger charge is 2.85. The zero-order valence-electron chi connectivity index (χ0n) is 25.3. The first kappa shape index (κ1) is 38.4. The van der Waals surface area contributed by atoms with E-state index in [9.17, 15) is 40.7 Å². The second kappa shape index (κ2) is 13.8. The second-order valence-electron chi connectivity index (χ2n) is 11.2. The molecule has 1 saturated carbocycles. The molecule has 1 saturated heterocycles. The molecule has 4 atom stereocenters. The van der Waals surface area contributed by atoms with Gasteiger partial charge in [-0.05, 0) is 36.1 Å². The predicted molar refractivity (Wildman–Crippen MR) is 162 cm³/mol. The number of nitrogens with one attached hydrogen (secondary N) is 1. The molecule has 1 aliphatic heterocycles. The Kier molecular flexibility index (Phi) is 11.0. The minimum Gasteiger partial charge on any atom is -0.475 e. The zero-order chi connectivity index (χ0) is 36.5. The van der Waals surface area contributed by atoms with Gasteiger partial charge in [0.15, 0.2) is 5.78 Å². The summed E-state index contributed by atoms with van der Waals surface area (Å²) in [6.07, 6.45) is -10.2. The number of ketones is 1. The lowest BCUT2D eigenvalue weighted by Crippen LogP contribution is -2.51. The van der Waals surface area contributed by atoms with E-state index in [0.29, 0.717) is 19.6 Å². The van der Waals surface area contributed by atoms with Crippen molar-refractivity contribution in [3.63, 3.8) is 0 Å². The van der Waals surface area contributed by atoms with Crippen molar-refractivity contribution in [2.24, 2.45) is 22.5 Å². The summed E-state index contributed by atoms with van der Waals surface area (Å²) in [4.78, 5) is 61.1. The number of halogens is 7. The summed E-state index contributed by atoms with van der Waals surface area (Å²) in [5, 5.41) is 17.4. The lowest BCUT2D eigenvalue weighted by atomic mass is 9.63. The van der Waals surface area contributed by atoms with Gasteiger partial charge < -0.3 is 21.3 Å². The maximum absolute atomic E-state index is 14.3. The average molecular weight is 750 g/mol. The normalized spacial score (nSPS) is 26.1. The molecule has 10 nitrogen and oxygen atoms in total. The number of aliphatic carboxylic acids is 2. The third-order valence-electron chi connectivity index (χ3n) is 8.41. The summed E-state index contributed by atoms with van der Waals surface area (Å²) in [7, 11) is 0. The van der Waals surface area contributed by atoms with Crippen LogP contribution in [0.5, 0.6) is 0 Å². The lowest BCUT2D eigenvalue weighted by molar-refractivity contribution is -0.193. The zero-order valence-corrected chi connectivity index (χ0v) is 26.9. The Morgan fingerprint density at radius 1 is 0.833 bits per heavy atom. The number of nitrogens with two attached hydrogens (primary N) is 1. The van der Waals surface area contributed by atoms with Crippen molar-refractivity contribution < 1.29 is 60.5 Å². The summed E-state index contributed by atoms with van der Waals surface area (Å²) in [5.74, 6) is -7.04. The number of likely N-dealkylation sites (tertiary alicyclic amines) is 1. The fraction of sp³-hybridized carbons (Fsp3) is 0.387. The van der Waals surface area contributed by atoms with Gasteiger partial charge in [0.2, 0.25) is 11.8 Å². The van der Waals surface area contributed by atoms with Gasteiger partial charge in [-0.1, -0.05) is 76.6 Å². The molecule has 2 bridgehead atoms. The number of amides is 2. The van der Waals surface area contributed by atoms with Crippen LogP contribution in [0.2, 0.25) is 0 Å². The van der Waals surface area contributed by atoms with Gasteiger partial charge in [0.1, 0.15) is 4.32 Å². The Labute approximate surface area is 278 Å². The Hall–Kier alpha value is -4.09. The molecule has 2 aromatic rings. The summed E-state index contributed by atoms with van der Waals surface area (Å²) in [6, 6.07) is 19.5. The fourth-order valence-electron chi connectivity index (χ4n) is 6.49. The Bertz CT molecular complexity index is 1600. The minimum absolute atomic E-state index is 0.0813. The van der Waals surface area contributed by atoms with Crippen LogP contribution in [0, 0.1) is 16.7 Å². The molecular weight excluding hydrogens is 720 g/mol. The number of hydrogen-bond acceptors (Lipinski definition) is 7. The number of fused-ring (bicyclic) bond motifs is 5. The molecule has 5 rings (SSSR count). The van der Waals surface area contributed by atoms with E-state index in [4.69, 9.17) is 25.5 Å². The molecule has 5 N–H and O–H groups in total. The van der Waals surface area contributed by atoms with Gasteiger partial charge in [0.05, 0.1) is 16.7 Å². The van der Waals surface area contributed by atoms with Crippen molar-refractivity contribution in [3.8, 4) is 0 Å². The summed E-state index contributed by atoms with van der Waals surface area (Å²) in [6.45, 7) is 5.45. The molecule has 2 amide bonds. The molecule has 260 valence electrons. The van der Waals surface area contributed by atoms with Crippen LogP contribution in [-0.4, -0.2) is 87.5 Å². The number of carboxylic acids is 2. The standard InChI is InChI=1S/C27H28BrN3O3.2C2HF3O2/c1-25-19(17-9-5-3-6-10-17)20(18-11-7-4-8-12-18)26(2,23(25)33)27(28)21(25)22(32)31(24(27)34)16-15-30-14-13-29;2*3-2(4,5)1(6)7/h3-12,21,30H,13-16,29H2,1-2H3;2*(H,6,7). The monoisotopic (exact) mass is 749 g/mol. The number of allylic oxidation sites excluding steroid dienone is 2. The van der Waals surface area contributed by atoms with E-state index in [0.717, 1.165) is 22.3 Å². The highest BCUT2D eigenvalue weighted by Crippen LogP contribution is 2.77. The van der Waals surface area contributed by atoms with E-state index in [2.05, 4.69) is 21.2 Å². The largest absolute Gasteiger partial charge is 0.490 e. The Morgan fingerprint density at radius 3 is 1.65 bits per heavy atom. The first-order chi connectivity index (χ1) is 22.1. The van der Waals surface area contributed by atoms with E-state index in [1.165, 1.54) is 4.90 Å². The van der Waals surface area contributed by atoms with E-state index in [1.807, 2.05) is 74.5 Å². The molecular formula is C31H30BrF6N3O7. The van der Waals surface area contributed by atoms with E-state index >= 15 is 0 Å². The van der Waals surface area contributed by atoms with Crippen LogP contribution in [0.15, 0.2) is 60.7 Å². The van der Waals surface area contributed by atoms with Crippen LogP contribution in [-0.2, 0) is 24.0 Å². The van der Waals surface area contributed by atoms with Crippen molar-refractivity contribution >= 4 is 56.6 Å². The van der Waals surface area contributed by atoms with Gasteiger partial charge in [-0.15, -0.1) is 0 Å². The van der Waals surface area contributed by atoms with Crippen LogP contribution in [0.4, 0.5) is 26.3 Å². The molecule has 0 radical (unpaired) electrons. The van der Waals surface area contributed by atoms with Crippen molar-refractivity contribution in [1.29, 1.82) is 0 Å². The summed E-state index contributed by atoms with van der Waals surface area (Å²) >= 11 is 3.76. The number of alkyl halides is 7. The fourth-order valence-corrected chi connectivity index (χ4v) is 7.73. The van der Waals surface area contributed by atoms with Crippen LogP contribution in [0.1, 0.15) is 25.0 Å².